The van der Waals surface area contributed by atoms with E-state index in [1.54, 1.807) is 0 Å². The van der Waals surface area contributed by atoms with Crippen LogP contribution in [0.1, 0.15) is 5.56 Å². The minimum absolute atomic E-state index is 0.252. The van der Waals surface area contributed by atoms with Gasteiger partial charge in [0, 0.05) is 0 Å². The molecule has 1 saturated carbocycles. The Morgan fingerprint density at radius 2 is 1.47 bits per heavy atom. The number of halogens is 10. The SMILES string of the molecule is O=C(Nc1cc(C(F)(F)F)ccc1Cl)[C@@H]1[C@H](C(=O)O)[C@]2(Cl)C(Cl)=C(Cl)[C@]1(Cl)C2(Cl)Cl. The van der Waals surface area contributed by atoms with Gasteiger partial charge in [-0.3, -0.25) is 9.59 Å². The molecule has 30 heavy (non-hydrogen) atoms. The molecule has 1 amide bonds. The van der Waals surface area contributed by atoms with E-state index in [9.17, 15) is 27.9 Å². The second-order valence-corrected chi connectivity index (χ2v) is 10.3. The normalized spacial score (nSPS) is 32.5. The summed E-state index contributed by atoms with van der Waals surface area (Å²) in [5, 5.41) is 10.7. The zero-order valence-electron chi connectivity index (χ0n) is 13.9. The molecule has 2 bridgehead atoms. The van der Waals surface area contributed by atoms with Crippen molar-refractivity contribution in [3.05, 3.63) is 38.8 Å². The Bertz CT molecular complexity index is 999. The van der Waals surface area contributed by atoms with Crippen LogP contribution in [0.15, 0.2) is 28.3 Å². The van der Waals surface area contributed by atoms with Crippen molar-refractivity contribution < 1.29 is 27.9 Å². The van der Waals surface area contributed by atoms with E-state index in [0.29, 0.717) is 12.1 Å². The Morgan fingerprint density at radius 3 is 1.93 bits per heavy atom. The van der Waals surface area contributed by atoms with Gasteiger partial charge in [-0.05, 0) is 18.2 Å². The zero-order chi connectivity index (χ0) is 23.0. The molecule has 14 heteroatoms. The van der Waals surface area contributed by atoms with Gasteiger partial charge in [0.1, 0.15) is 9.75 Å². The lowest BCUT2D eigenvalue weighted by atomic mass is 9.81. The van der Waals surface area contributed by atoms with Crippen LogP contribution in [0.2, 0.25) is 5.02 Å². The fourth-order valence-electron chi connectivity index (χ4n) is 3.64. The molecule has 0 saturated heterocycles. The van der Waals surface area contributed by atoms with Crippen molar-refractivity contribution in [3.63, 3.8) is 0 Å². The number of allylic oxidation sites excluding steroid dienone is 2. The summed E-state index contributed by atoms with van der Waals surface area (Å²) in [7, 11) is 0. The number of amides is 1. The molecule has 1 aromatic rings. The highest BCUT2D eigenvalue weighted by Crippen LogP contribution is 2.76. The average Bonchev–Trinajstić information content (AvgIpc) is 2.82. The van der Waals surface area contributed by atoms with Crippen molar-refractivity contribution >= 4 is 98.8 Å². The molecule has 0 heterocycles. The molecule has 4 nitrogen and oxygen atoms in total. The van der Waals surface area contributed by atoms with Gasteiger partial charge >= 0.3 is 12.1 Å². The first-order chi connectivity index (χ1) is 13.5. The number of nitrogens with one attached hydrogen (secondary N) is 1. The number of benzene rings is 1. The van der Waals surface area contributed by atoms with Gasteiger partial charge in [-0.1, -0.05) is 58.0 Å². The van der Waals surface area contributed by atoms with Crippen LogP contribution in [0.25, 0.3) is 0 Å². The van der Waals surface area contributed by atoms with Gasteiger partial charge in [0.2, 0.25) is 5.91 Å². The third kappa shape index (κ3) is 3.04. The topological polar surface area (TPSA) is 66.4 Å². The number of fused-ring (bicyclic) bond motifs is 2. The second-order valence-electron chi connectivity index (χ2n) is 6.60. The molecule has 1 fully saturated rings. The highest BCUT2D eigenvalue weighted by molar-refractivity contribution is 6.66. The molecule has 0 unspecified atom stereocenters. The van der Waals surface area contributed by atoms with Gasteiger partial charge in [-0.2, -0.15) is 13.2 Å². The minimum atomic E-state index is -4.73. The highest BCUT2D eigenvalue weighted by Gasteiger charge is 2.85. The Kier molecular flexibility index (Phi) is 5.99. The van der Waals surface area contributed by atoms with Crippen LogP contribution in [0, 0.1) is 11.8 Å². The van der Waals surface area contributed by atoms with Gasteiger partial charge in [0.15, 0.2) is 4.33 Å². The number of carbonyl (C=O) groups excluding carboxylic acids is 1. The standard InChI is InChI=1S/C16H7Cl7F3NO3/c17-5-2-1-4(15(24,25)26)3-6(5)27-11(28)7-8(12(29)30)14(21)10(19)9(18)13(7,20)16(14,22)23/h1-3,7-8H,(H,27,28)(H,29,30)/t7-,8+,13-,14-/m0/s1. The van der Waals surface area contributed by atoms with Crippen molar-refractivity contribution in [1.29, 1.82) is 0 Å². The number of carboxylic acids is 1. The van der Waals surface area contributed by atoms with Crippen molar-refractivity contribution in [2.24, 2.45) is 11.8 Å². The quantitative estimate of drug-likeness (QED) is 0.413. The lowest BCUT2D eigenvalue weighted by Crippen LogP contribution is -2.47. The first kappa shape index (κ1) is 24.4. The number of carbonyl (C=O) groups is 2. The van der Waals surface area contributed by atoms with Crippen LogP contribution in [0.5, 0.6) is 0 Å². The smallest absolute Gasteiger partial charge is 0.416 e. The molecular formula is C16H7Cl7F3NO3. The molecule has 2 aliphatic carbocycles. The van der Waals surface area contributed by atoms with E-state index in [4.69, 9.17) is 81.2 Å². The molecule has 164 valence electrons. The number of alkyl halides is 7. The third-order valence-corrected chi connectivity index (χ3v) is 9.62. The summed E-state index contributed by atoms with van der Waals surface area (Å²) in [4.78, 5) is 20.4. The van der Waals surface area contributed by atoms with E-state index in [1.165, 1.54) is 0 Å². The van der Waals surface area contributed by atoms with Gasteiger partial charge in [-0.25, -0.2) is 0 Å². The summed E-state index contributed by atoms with van der Waals surface area (Å²) in [5.41, 5.74) is -1.56. The Balaban J connectivity index is 2.10. The summed E-state index contributed by atoms with van der Waals surface area (Å²) in [6, 6.07) is 2.18. The van der Waals surface area contributed by atoms with Crippen LogP contribution >= 0.6 is 81.2 Å². The highest BCUT2D eigenvalue weighted by atomic mass is 35.5. The van der Waals surface area contributed by atoms with Crippen LogP contribution in [-0.4, -0.2) is 31.1 Å². The van der Waals surface area contributed by atoms with Crippen molar-refractivity contribution in [3.8, 4) is 0 Å². The van der Waals surface area contributed by atoms with Crippen LogP contribution < -0.4 is 5.32 Å². The minimum Gasteiger partial charge on any atom is -0.481 e. The Morgan fingerprint density at radius 1 is 0.967 bits per heavy atom. The molecule has 0 aromatic heterocycles. The molecule has 2 N–H and O–H groups in total. The van der Waals surface area contributed by atoms with E-state index in [1.807, 2.05) is 0 Å². The third-order valence-electron chi connectivity index (χ3n) is 5.04. The molecule has 2 aliphatic rings. The summed E-state index contributed by atoms with van der Waals surface area (Å²) in [6.45, 7) is 0. The maximum absolute atomic E-state index is 13.0. The Labute approximate surface area is 202 Å². The lowest BCUT2D eigenvalue weighted by molar-refractivity contribution is -0.146. The summed E-state index contributed by atoms with van der Waals surface area (Å²) >= 11 is 43.5. The summed E-state index contributed by atoms with van der Waals surface area (Å²) < 4.78 is 36.6. The van der Waals surface area contributed by atoms with Crippen LogP contribution in [-0.2, 0) is 15.8 Å². The second kappa shape index (κ2) is 7.37. The fourth-order valence-corrected chi connectivity index (χ4v) is 6.74. The maximum Gasteiger partial charge on any atom is 0.416 e. The lowest BCUT2D eigenvalue weighted by Gasteiger charge is -2.33. The van der Waals surface area contributed by atoms with E-state index in [-0.39, 0.29) is 5.02 Å². The number of hydrogen-bond acceptors (Lipinski definition) is 2. The summed E-state index contributed by atoms with van der Waals surface area (Å²) in [6.07, 6.45) is -4.73. The van der Waals surface area contributed by atoms with Gasteiger partial charge in [-0.15, -0.1) is 23.2 Å². The number of aliphatic carboxylic acids is 1. The van der Waals surface area contributed by atoms with Crippen molar-refractivity contribution in [1.82, 2.24) is 0 Å². The van der Waals surface area contributed by atoms with Crippen LogP contribution in [0.4, 0.5) is 18.9 Å². The number of hydrogen-bond donors (Lipinski definition) is 2. The van der Waals surface area contributed by atoms with Crippen molar-refractivity contribution in [2.45, 2.75) is 20.3 Å². The first-order valence-corrected chi connectivity index (χ1v) is 10.4. The molecule has 1 aromatic carbocycles. The van der Waals surface area contributed by atoms with Crippen LogP contribution in [0.3, 0.4) is 0 Å². The van der Waals surface area contributed by atoms with Gasteiger partial charge in [0.25, 0.3) is 0 Å². The van der Waals surface area contributed by atoms with Crippen molar-refractivity contribution in [2.75, 3.05) is 5.32 Å². The molecule has 0 radical (unpaired) electrons. The molecule has 0 aliphatic heterocycles. The van der Waals surface area contributed by atoms with E-state index >= 15 is 0 Å². The largest absolute Gasteiger partial charge is 0.481 e. The monoisotopic (exact) mass is 563 g/mol. The predicted molar refractivity (Wildman–Crippen MR) is 110 cm³/mol. The van der Waals surface area contributed by atoms with Gasteiger partial charge in [0.05, 0.1) is 38.2 Å². The fraction of sp³-hybridized carbons (Fsp3) is 0.375. The molecule has 3 rings (SSSR count). The number of rotatable bonds is 3. The molecule has 0 spiro atoms. The maximum atomic E-state index is 13.0. The molecule has 4 atom stereocenters. The molecular weight excluding hydrogens is 559 g/mol. The van der Waals surface area contributed by atoms with Gasteiger partial charge < -0.3 is 10.4 Å². The predicted octanol–water partition coefficient (Wildman–Crippen LogP) is 6.46. The van der Waals surface area contributed by atoms with E-state index in [0.717, 1.165) is 6.07 Å². The van der Waals surface area contributed by atoms with E-state index < -0.39 is 65.3 Å². The summed E-state index contributed by atoms with van der Waals surface area (Å²) in [5.74, 6) is -6.49. The number of anilines is 1. The van der Waals surface area contributed by atoms with E-state index in [2.05, 4.69) is 5.32 Å². The Hall–Kier alpha value is -0.280. The number of carboxylic acid groups (broad SMARTS) is 1. The first-order valence-electron chi connectivity index (χ1n) is 7.75. The average molecular weight is 566 g/mol. The zero-order valence-corrected chi connectivity index (χ0v) is 19.2.